The van der Waals surface area contributed by atoms with E-state index in [2.05, 4.69) is 15.6 Å². The lowest BCUT2D eigenvalue weighted by molar-refractivity contribution is -0.129. The van der Waals surface area contributed by atoms with Gasteiger partial charge in [-0.3, -0.25) is 29.7 Å². The number of carbonyl (C=O) groups excluding carboxylic acids is 4. The maximum absolute atomic E-state index is 13.7. The molecule has 0 saturated carbocycles. The average molecular weight is 612 g/mol. The normalized spacial score (nSPS) is 12.8. The van der Waals surface area contributed by atoms with Gasteiger partial charge in [-0.05, 0) is 53.3 Å². The van der Waals surface area contributed by atoms with Gasteiger partial charge in [0.05, 0.1) is 0 Å². The van der Waals surface area contributed by atoms with Crippen LogP contribution in [0, 0.1) is 0 Å². The summed E-state index contributed by atoms with van der Waals surface area (Å²) in [5, 5.41) is 16.5. The van der Waals surface area contributed by atoms with E-state index in [1.165, 1.54) is 11.3 Å². The zero-order chi connectivity index (χ0) is 30.9. The molecule has 1 aliphatic heterocycles. The third-order valence-corrected chi connectivity index (χ3v) is 8.19. The number of thiazole rings is 1. The minimum atomic E-state index is -0.825. The van der Waals surface area contributed by atoms with Crippen LogP contribution in [0.25, 0.3) is 11.1 Å². The van der Waals surface area contributed by atoms with Crippen LogP contribution in [0.5, 0.6) is 0 Å². The Balaban J connectivity index is 1.22. The van der Waals surface area contributed by atoms with Crippen LogP contribution in [-0.4, -0.2) is 45.3 Å². The summed E-state index contributed by atoms with van der Waals surface area (Å²) < 4.78 is 0. The Morgan fingerprint density at radius 3 is 2.41 bits per heavy atom. The highest BCUT2D eigenvalue weighted by Gasteiger charge is 2.37. The number of hydroxylamine groups is 1. The quantitative estimate of drug-likeness (QED) is 0.0915. The van der Waals surface area contributed by atoms with Crippen molar-refractivity contribution in [3.63, 3.8) is 0 Å². The second-order valence-electron chi connectivity index (χ2n) is 10.5. The van der Waals surface area contributed by atoms with Crippen LogP contribution >= 0.6 is 11.3 Å². The molecule has 11 heteroatoms. The molecule has 4 aromatic rings. The summed E-state index contributed by atoms with van der Waals surface area (Å²) in [7, 11) is 0. The summed E-state index contributed by atoms with van der Waals surface area (Å²) in [5.41, 5.74) is 5.96. The fourth-order valence-electron chi connectivity index (χ4n) is 5.22. The highest BCUT2D eigenvalue weighted by molar-refractivity contribution is 7.13. The molecule has 0 spiro atoms. The molecule has 1 aliphatic rings. The van der Waals surface area contributed by atoms with E-state index in [0.717, 1.165) is 36.0 Å². The van der Waals surface area contributed by atoms with Gasteiger partial charge in [0, 0.05) is 42.2 Å². The van der Waals surface area contributed by atoms with E-state index in [-0.39, 0.29) is 30.0 Å². The second kappa shape index (κ2) is 14.5. The summed E-state index contributed by atoms with van der Waals surface area (Å²) in [4.78, 5) is 56.5. The summed E-state index contributed by atoms with van der Waals surface area (Å²) in [6, 6.07) is 21.4. The van der Waals surface area contributed by atoms with Crippen LogP contribution in [0.4, 0.5) is 5.13 Å². The van der Waals surface area contributed by atoms with Gasteiger partial charge in [0.2, 0.25) is 5.91 Å². The zero-order valence-electron chi connectivity index (χ0n) is 24.0. The first-order valence-corrected chi connectivity index (χ1v) is 15.3. The van der Waals surface area contributed by atoms with Gasteiger partial charge in [-0.25, -0.2) is 10.5 Å². The Labute approximate surface area is 259 Å². The highest BCUT2D eigenvalue weighted by atomic mass is 32.1. The van der Waals surface area contributed by atoms with Crippen molar-refractivity contribution < 1.29 is 24.4 Å². The van der Waals surface area contributed by atoms with Crippen LogP contribution in [0.3, 0.4) is 0 Å². The predicted molar refractivity (Wildman–Crippen MR) is 167 cm³/mol. The monoisotopic (exact) mass is 611 g/mol. The molecule has 3 aromatic carbocycles. The number of unbranched alkanes of at least 4 members (excludes halogenated alkanes) is 3. The Morgan fingerprint density at radius 1 is 0.932 bits per heavy atom. The highest BCUT2D eigenvalue weighted by Crippen LogP contribution is 2.35. The second-order valence-corrected chi connectivity index (χ2v) is 11.4. The molecule has 0 saturated heterocycles. The van der Waals surface area contributed by atoms with E-state index in [4.69, 9.17) is 5.21 Å². The average Bonchev–Trinajstić information content (AvgIpc) is 3.68. The van der Waals surface area contributed by atoms with Gasteiger partial charge in [0.25, 0.3) is 17.7 Å². The number of anilines is 1. The van der Waals surface area contributed by atoms with Gasteiger partial charge < -0.3 is 10.2 Å². The number of amides is 4. The zero-order valence-corrected chi connectivity index (χ0v) is 24.8. The molecular formula is C33H33N5O5S. The molecule has 44 heavy (non-hydrogen) atoms. The van der Waals surface area contributed by atoms with Crippen LogP contribution in [0.15, 0.2) is 84.4 Å². The number of benzene rings is 3. The molecule has 2 heterocycles. The van der Waals surface area contributed by atoms with Crippen molar-refractivity contribution in [1.82, 2.24) is 20.7 Å². The maximum Gasteiger partial charge on any atom is 0.255 e. The maximum atomic E-state index is 13.7. The van der Waals surface area contributed by atoms with Gasteiger partial charge in [0.1, 0.15) is 6.04 Å². The smallest absolute Gasteiger partial charge is 0.255 e. The van der Waals surface area contributed by atoms with Crippen molar-refractivity contribution in [1.29, 1.82) is 0 Å². The number of nitrogens with zero attached hydrogens (tertiary/aromatic N) is 2. The van der Waals surface area contributed by atoms with Crippen LogP contribution in [-0.2, 0) is 16.1 Å². The molecule has 226 valence electrons. The lowest BCUT2D eigenvalue weighted by Crippen LogP contribution is -2.37. The lowest BCUT2D eigenvalue weighted by Gasteiger charge is -2.27. The Bertz CT molecular complexity index is 1610. The van der Waals surface area contributed by atoms with Crippen molar-refractivity contribution >= 4 is 40.1 Å². The van der Waals surface area contributed by atoms with Crippen LogP contribution in [0.2, 0.25) is 0 Å². The van der Waals surface area contributed by atoms with Crippen molar-refractivity contribution in [2.45, 2.75) is 44.7 Å². The molecule has 4 amide bonds. The molecule has 5 rings (SSSR count). The van der Waals surface area contributed by atoms with E-state index in [0.29, 0.717) is 41.3 Å². The lowest BCUT2D eigenvalue weighted by atomic mass is 9.99. The topological polar surface area (TPSA) is 141 Å². The van der Waals surface area contributed by atoms with E-state index in [9.17, 15) is 19.2 Å². The number of fused-ring (bicyclic) bond motifs is 1. The standard InChI is InChI=1S/C33H33N5O5S/c39-28(37-43)10-6-1-2-7-17-34-30(40)24-13-11-22(12-14-24)25-15-16-26-21-38(32(42)27(26)20-25)29(23-8-4-3-5-9-23)31(41)36-33-35-18-19-44-33/h3-5,8-9,11-16,18-20,29,43H,1-2,6-7,10,17,21H2,(H,34,40)(H,37,39)(H,35,36,41). The fourth-order valence-corrected chi connectivity index (χ4v) is 5.75. The Morgan fingerprint density at radius 2 is 1.68 bits per heavy atom. The van der Waals surface area contributed by atoms with Gasteiger partial charge >= 0.3 is 0 Å². The molecule has 0 radical (unpaired) electrons. The molecule has 4 N–H and O–H groups in total. The van der Waals surface area contributed by atoms with E-state index in [1.807, 2.05) is 60.7 Å². The van der Waals surface area contributed by atoms with E-state index in [1.54, 1.807) is 34.1 Å². The van der Waals surface area contributed by atoms with E-state index < -0.39 is 6.04 Å². The van der Waals surface area contributed by atoms with Gasteiger partial charge in [-0.2, -0.15) is 0 Å². The van der Waals surface area contributed by atoms with E-state index >= 15 is 0 Å². The number of carbonyl (C=O) groups is 4. The summed E-state index contributed by atoms with van der Waals surface area (Å²) in [5.74, 6) is -1.11. The molecule has 0 aliphatic carbocycles. The Kier molecular flexibility index (Phi) is 10.1. The first-order valence-electron chi connectivity index (χ1n) is 14.5. The van der Waals surface area contributed by atoms with Crippen molar-refractivity contribution in [2.24, 2.45) is 0 Å². The molecule has 1 unspecified atom stereocenters. The minimum absolute atomic E-state index is 0.168. The predicted octanol–water partition coefficient (Wildman–Crippen LogP) is 5.33. The van der Waals surface area contributed by atoms with Crippen molar-refractivity contribution in [3.8, 4) is 11.1 Å². The van der Waals surface area contributed by atoms with Crippen molar-refractivity contribution in [2.75, 3.05) is 11.9 Å². The van der Waals surface area contributed by atoms with Gasteiger partial charge in [-0.1, -0.05) is 67.4 Å². The third kappa shape index (κ3) is 7.36. The summed E-state index contributed by atoms with van der Waals surface area (Å²) in [6.45, 7) is 0.832. The third-order valence-electron chi connectivity index (χ3n) is 7.50. The van der Waals surface area contributed by atoms with Crippen LogP contribution < -0.4 is 16.1 Å². The number of hydrogen-bond acceptors (Lipinski definition) is 7. The number of nitrogens with one attached hydrogen (secondary N) is 3. The molecule has 1 aromatic heterocycles. The molecule has 0 fully saturated rings. The Hall–Kier alpha value is -4.87. The number of rotatable bonds is 13. The fraction of sp³-hybridized carbons (Fsp3) is 0.242. The minimum Gasteiger partial charge on any atom is -0.352 e. The molecule has 0 bridgehead atoms. The molecule has 1 atom stereocenters. The SMILES string of the molecule is O=C(CCCCCCNC(=O)c1ccc(-c2ccc3c(c2)C(=O)N(C(C(=O)Nc2nccs2)c2ccccc2)C3)cc1)NO. The molecular weight excluding hydrogens is 578 g/mol. The van der Waals surface area contributed by atoms with Gasteiger partial charge in [0.15, 0.2) is 5.13 Å². The van der Waals surface area contributed by atoms with Crippen LogP contribution in [0.1, 0.15) is 70.0 Å². The number of aromatic nitrogens is 1. The number of hydrogen-bond donors (Lipinski definition) is 4. The first-order chi connectivity index (χ1) is 21.4. The summed E-state index contributed by atoms with van der Waals surface area (Å²) in [6.07, 6.45) is 5.09. The summed E-state index contributed by atoms with van der Waals surface area (Å²) >= 11 is 1.32. The largest absolute Gasteiger partial charge is 0.352 e. The van der Waals surface area contributed by atoms with Crippen molar-refractivity contribution in [3.05, 3.63) is 107 Å². The first kappa shape index (κ1) is 30.6. The molecule has 10 nitrogen and oxygen atoms in total. The van der Waals surface area contributed by atoms with Gasteiger partial charge in [-0.15, -0.1) is 11.3 Å².